The van der Waals surface area contributed by atoms with E-state index in [0.29, 0.717) is 13.2 Å². The molecular weight excluding hydrogens is 444 g/mol. The third-order valence-electron chi connectivity index (χ3n) is 5.75. The van der Waals surface area contributed by atoms with Crippen LogP contribution in [0.2, 0.25) is 0 Å². The number of para-hydroxylation sites is 1. The number of aromatic nitrogens is 1. The standard InChI is InChI=1S/C28H26N2O3S/c1-20-28(31)30(15-8-16-32-23-11-6-3-7-12-23)25-18-22(13-14-26(25)33-20)24-19-34-27(29-24)17-21-9-4-2-5-10-21/h2-7,9-14,18-20H,8,15-17H2,1H3. The van der Waals surface area contributed by atoms with Crippen LogP contribution in [0, 0.1) is 0 Å². The average Bonchev–Trinajstić information content (AvgIpc) is 3.33. The summed E-state index contributed by atoms with van der Waals surface area (Å²) in [4.78, 5) is 19.6. The number of anilines is 1. The summed E-state index contributed by atoms with van der Waals surface area (Å²) in [6, 6.07) is 26.0. The summed E-state index contributed by atoms with van der Waals surface area (Å²) in [6.45, 7) is 2.89. The lowest BCUT2D eigenvalue weighted by molar-refractivity contribution is -0.125. The largest absolute Gasteiger partial charge is 0.494 e. The normalized spacial score (nSPS) is 15.0. The van der Waals surface area contributed by atoms with Gasteiger partial charge in [0.1, 0.15) is 11.5 Å². The van der Waals surface area contributed by atoms with E-state index in [0.717, 1.165) is 46.3 Å². The molecule has 4 aromatic rings. The van der Waals surface area contributed by atoms with Crippen LogP contribution < -0.4 is 14.4 Å². The zero-order valence-electron chi connectivity index (χ0n) is 19.0. The summed E-state index contributed by atoms with van der Waals surface area (Å²) < 4.78 is 11.7. The molecule has 0 bridgehead atoms. The van der Waals surface area contributed by atoms with Crippen LogP contribution in [-0.2, 0) is 11.2 Å². The maximum atomic E-state index is 13.0. The Morgan fingerprint density at radius 3 is 2.59 bits per heavy atom. The van der Waals surface area contributed by atoms with Crippen molar-refractivity contribution in [3.8, 4) is 22.8 Å². The molecule has 5 rings (SSSR count). The molecule has 2 heterocycles. The van der Waals surface area contributed by atoms with Gasteiger partial charge in [0, 0.05) is 23.9 Å². The van der Waals surface area contributed by atoms with Crippen molar-refractivity contribution < 1.29 is 14.3 Å². The Kier molecular flexibility index (Phi) is 6.58. The van der Waals surface area contributed by atoms with E-state index in [1.807, 2.05) is 71.6 Å². The molecule has 6 heteroatoms. The van der Waals surface area contributed by atoms with Crippen LogP contribution in [0.5, 0.6) is 11.5 Å². The van der Waals surface area contributed by atoms with Crippen LogP contribution >= 0.6 is 11.3 Å². The van der Waals surface area contributed by atoms with Crippen molar-refractivity contribution in [2.75, 3.05) is 18.1 Å². The van der Waals surface area contributed by atoms with Gasteiger partial charge in [-0.3, -0.25) is 4.79 Å². The highest BCUT2D eigenvalue weighted by molar-refractivity contribution is 7.10. The van der Waals surface area contributed by atoms with Crippen LogP contribution in [0.25, 0.3) is 11.3 Å². The second kappa shape index (κ2) is 10.1. The van der Waals surface area contributed by atoms with E-state index in [4.69, 9.17) is 14.5 Å². The molecule has 1 aliphatic rings. The minimum Gasteiger partial charge on any atom is -0.494 e. The smallest absolute Gasteiger partial charge is 0.267 e. The van der Waals surface area contributed by atoms with Crippen LogP contribution in [0.15, 0.2) is 84.2 Å². The maximum absolute atomic E-state index is 13.0. The van der Waals surface area contributed by atoms with Gasteiger partial charge in [0.2, 0.25) is 0 Å². The van der Waals surface area contributed by atoms with Crippen molar-refractivity contribution in [2.45, 2.75) is 25.9 Å². The molecule has 34 heavy (non-hydrogen) atoms. The Morgan fingerprint density at radius 1 is 1.03 bits per heavy atom. The van der Waals surface area contributed by atoms with Crippen molar-refractivity contribution in [3.63, 3.8) is 0 Å². The molecule has 0 saturated carbocycles. The van der Waals surface area contributed by atoms with Gasteiger partial charge in [-0.1, -0.05) is 48.5 Å². The summed E-state index contributed by atoms with van der Waals surface area (Å²) in [7, 11) is 0. The van der Waals surface area contributed by atoms with E-state index >= 15 is 0 Å². The summed E-state index contributed by atoms with van der Waals surface area (Å²) in [5, 5.41) is 3.14. The molecule has 1 amide bonds. The molecule has 0 N–H and O–H groups in total. The van der Waals surface area contributed by atoms with Crippen molar-refractivity contribution >= 4 is 22.9 Å². The van der Waals surface area contributed by atoms with Gasteiger partial charge < -0.3 is 14.4 Å². The molecule has 5 nitrogen and oxygen atoms in total. The number of thiazole rings is 1. The number of benzene rings is 3. The fraction of sp³-hybridized carbons (Fsp3) is 0.214. The summed E-state index contributed by atoms with van der Waals surface area (Å²) in [5.41, 5.74) is 3.92. The first kappa shape index (κ1) is 22.2. The van der Waals surface area contributed by atoms with E-state index < -0.39 is 6.10 Å². The minimum atomic E-state index is -0.509. The first-order chi connectivity index (χ1) is 16.7. The third-order valence-corrected chi connectivity index (χ3v) is 6.60. The van der Waals surface area contributed by atoms with Gasteiger partial charge in [-0.25, -0.2) is 4.98 Å². The summed E-state index contributed by atoms with van der Waals surface area (Å²) in [6.07, 6.45) is 1.02. The SMILES string of the molecule is CC1Oc2ccc(-c3csc(Cc4ccccc4)n3)cc2N(CCCOc2ccccc2)C1=O. The Bertz CT molecular complexity index is 1260. The number of rotatable bonds is 8. The Hall–Kier alpha value is -3.64. The molecule has 172 valence electrons. The fourth-order valence-electron chi connectivity index (χ4n) is 4.02. The summed E-state index contributed by atoms with van der Waals surface area (Å²) >= 11 is 1.65. The van der Waals surface area contributed by atoms with Crippen molar-refractivity contribution in [2.24, 2.45) is 0 Å². The van der Waals surface area contributed by atoms with Crippen LogP contribution in [0.1, 0.15) is 23.9 Å². The van der Waals surface area contributed by atoms with E-state index in [1.54, 1.807) is 18.3 Å². The number of nitrogens with zero attached hydrogens (tertiary/aromatic N) is 2. The van der Waals surface area contributed by atoms with E-state index in [2.05, 4.69) is 17.5 Å². The van der Waals surface area contributed by atoms with E-state index in [1.165, 1.54) is 5.56 Å². The van der Waals surface area contributed by atoms with Gasteiger partial charge >= 0.3 is 0 Å². The zero-order chi connectivity index (χ0) is 23.3. The number of carbonyl (C=O) groups excluding carboxylic acids is 1. The Morgan fingerprint density at radius 2 is 1.79 bits per heavy atom. The van der Waals surface area contributed by atoms with Crippen LogP contribution in [0.3, 0.4) is 0 Å². The van der Waals surface area contributed by atoms with Crippen molar-refractivity contribution in [1.82, 2.24) is 4.98 Å². The monoisotopic (exact) mass is 470 g/mol. The van der Waals surface area contributed by atoms with E-state index in [-0.39, 0.29) is 5.91 Å². The number of carbonyl (C=O) groups is 1. The lowest BCUT2D eigenvalue weighted by Crippen LogP contribution is -2.45. The molecule has 0 fully saturated rings. The summed E-state index contributed by atoms with van der Waals surface area (Å²) in [5.74, 6) is 1.52. The first-order valence-electron chi connectivity index (χ1n) is 11.5. The van der Waals surface area contributed by atoms with Crippen LogP contribution in [-0.4, -0.2) is 30.1 Å². The lowest BCUT2D eigenvalue weighted by Gasteiger charge is -2.33. The van der Waals surface area contributed by atoms with Gasteiger partial charge in [-0.2, -0.15) is 0 Å². The number of amides is 1. The number of fused-ring (bicyclic) bond motifs is 1. The number of hydrogen-bond donors (Lipinski definition) is 0. The third kappa shape index (κ3) is 4.97. The molecule has 0 aliphatic carbocycles. The first-order valence-corrected chi connectivity index (χ1v) is 12.3. The highest BCUT2D eigenvalue weighted by atomic mass is 32.1. The molecule has 1 unspecified atom stereocenters. The average molecular weight is 471 g/mol. The maximum Gasteiger partial charge on any atom is 0.267 e. The predicted octanol–water partition coefficient (Wildman–Crippen LogP) is 5.98. The quantitative estimate of drug-likeness (QED) is 0.297. The molecule has 0 saturated heterocycles. The topological polar surface area (TPSA) is 51.7 Å². The second-order valence-electron chi connectivity index (χ2n) is 8.24. The molecule has 0 radical (unpaired) electrons. The lowest BCUT2D eigenvalue weighted by atomic mass is 10.1. The molecule has 1 aliphatic heterocycles. The van der Waals surface area contributed by atoms with Crippen molar-refractivity contribution in [1.29, 1.82) is 0 Å². The highest BCUT2D eigenvalue weighted by Gasteiger charge is 2.31. The van der Waals surface area contributed by atoms with Gasteiger partial charge in [0.25, 0.3) is 5.91 Å². The minimum absolute atomic E-state index is 0.0348. The fourth-order valence-corrected chi connectivity index (χ4v) is 4.86. The molecule has 3 aromatic carbocycles. The van der Waals surface area contributed by atoms with Crippen LogP contribution in [0.4, 0.5) is 5.69 Å². The van der Waals surface area contributed by atoms with Gasteiger partial charge in [0.15, 0.2) is 6.10 Å². The Labute approximate surface area is 203 Å². The van der Waals surface area contributed by atoms with E-state index in [9.17, 15) is 4.79 Å². The van der Waals surface area contributed by atoms with Gasteiger partial charge in [0.05, 0.1) is 23.0 Å². The zero-order valence-corrected chi connectivity index (χ0v) is 19.8. The molecule has 0 spiro atoms. The predicted molar refractivity (Wildman–Crippen MR) is 136 cm³/mol. The molecular formula is C28H26N2O3S. The molecule has 1 aromatic heterocycles. The highest BCUT2D eigenvalue weighted by Crippen LogP contribution is 2.38. The molecule has 1 atom stereocenters. The van der Waals surface area contributed by atoms with Gasteiger partial charge in [-0.05, 0) is 49.2 Å². The number of ether oxygens (including phenoxy) is 2. The second-order valence-corrected chi connectivity index (χ2v) is 9.18. The Balaban J connectivity index is 1.31. The van der Waals surface area contributed by atoms with Crippen molar-refractivity contribution in [3.05, 3.63) is 94.8 Å². The number of hydrogen-bond acceptors (Lipinski definition) is 5. The van der Waals surface area contributed by atoms with Gasteiger partial charge in [-0.15, -0.1) is 11.3 Å².